The SMILES string of the molecule is O=C1CCc2c1c(C1CC1)nn2CCO. The van der Waals surface area contributed by atoms with E-state index >= 15 is 0 Å². The van der Waals surface area contributed by atoms with Gasteiger partial charge in [-0.05, 0) is 19.3 Å². The van der Waals surface area contributed by atoms with Crippen molar-refractivity contribution in [3.05, 3.63) is 17.0 Å². The van der Waals surface area contributed by atoms with E-state index in [4.69, 9.17) is 5.11 Å². The van der Waals surface area contributed by atoms with Crippen molar-refractivity contribution in [2.45, 2.75) is 38.1 Å². The van der Waals surface area contributed by atoms with Crippen LogP contribution in [0.5, 0.6) is 0 Å². The molecule has 4 heteroatoms. The second-order valence-corrected chi connectivity index (χ2v) is 4.35. The Morgan fingerprint density at radius 3 is 2.87 bits per heavy atom. The summed E-state index contributed by atoms with van der Waals surface area (Å²) in [5, 5.41) is 13.4. The van der Waals surface area contributed by atoms with Crippen molar-refractivity contribution < 1.29 is 9.90 Å². The van der Waals surface area contributed by atoms with Crippen LogP contribution in [0.2, 0.25) is 0 Å². The van der Waals surface area contributed by atoms with Crippen LogP contribution in [0.3, 0.4) is 0 Å². The van der Waals surface area contributed by atoms with Crippen LogP contribution in [0.15, 0.2) is 0 Å². The van der Waals surface area contributed by atoms with Crippen LogP contribution in [0.25, 0.3) is 0 Å². The molecule has 0 unspecified atom stereocenters. The molecule has 3 rings (SSSR count). The molecule has 4 nitrogen and oxygen atoms in total. The fourth-order valence-corrected chi connectivity index (χ4v) is 2.35. The first-order valence-electron chi connectivity index (χ1n) is 5.55. The smallest absolute Gasteiger partial charge is 0.166 e. The average Bonchev–Trinajstić information content (AvgIpc) is 2.90. The lowest BCUT2D eigenvalue weighted by Gasteiger charge is -2.01. The maximum Gasteiger partial charge on any atom is 0.166 e. The van der Waals surface area contributed by atoms with Gasteiger partial charge in [0.15, 0.2) is 5.78 Å². The summed E-state index contributed by atoms with van der Waals surface area (Å²) >= 11 is 0. The molecular formula is C11H14N2O2. The molecule has 15 heavy (non-hydrogen) atoms. The lowest BCUT2D eigenvalue weighted by molar-refractivity contribution is 0.0993. The molecule has 80 valence electrons. The minimum atomic E-state index is 0.0897. The van der Waals surface area contributed by atoms with Gasteiger partial charge in [0.2, 0.25) is 0 Å². The van der Waals surface area contributed by atoms with Crippen LogP contribution in [-0.2, 0) is 13.0 Å². The Kier molecular flexibility index (Phi) is 1.92. The third-order valence-corrected chi connectivity index (χ3v) is 3.23. The molecule has 0 aromatic carbocycles. The molecule has 0 saturated heterocycles. The van der Waals surface area contributed by atoms with E-state index < -0.39 is 0 Å². The van der Waals surface area contributed by atoms with Crippen LogP contribution in [0.4, 0.5) is 0 Å². The predicted octanol–water partition coefficient (Wildman–Crippen LogP) is 0.882. The van der Waals surface area contributed by atoms with Crippen molar-refractivity contribution in [1.82, 2.24) is 9.78 Å². The van der Waals surface area contributed by atoms with Gasteiger partial charge in [0.25, 0.3) is 0 Å². The highest BCUT2D eigenvalue weighted by molar-refractivity contribution is 6.01. The number of hydrogen-bond acceptors (Lipinski definition) is 3. The standard InChI is InChI=1S/C11H14N2O2/c14-6-5-13-8-3-4-9(15)10(8)11(12-13)7-1-2-7/h7,14H,1-6H2. The van der Waals surface area contributed by atoms with E-state index in [1.807, 2.05) is 4.68 Å². The number of carbonyl (C=O) groups excluding carboxylic acids is 1. The van der Waals surface area contributed by atoms with Gasteiger partial charge in [-0.2, -0.15) is 5.10 Å². The van der Waals surface area contributed by atoms with Gasteiger partial charge in [-0.25, -0.2) is 0 Å². The maximum absolute atomic E-state index is 11.7. The third kappa shape index (κ3) is 1.32. The Bertz CT molecular complexity index is 418. The van der Waals surface area contributed by atoms with Crippen molar-refractivity contribution in [3.8, 4) is 0 Å². The highest BCUT2D eigenvalue weighted by Gasteiger charge is 2.36. The Labute approximate surface area is 87.9 Å². The van der Waals surface area contributed by atoms with E-state index in [0.717, 1.165) is 36.2 Å². The second-order valence-electron chi connectivity index (χ2n) is 4.35. The molecule has 0 bridgehead atoms. The van der Waals surface area contributed by atoms with Gasteiger partial charge in [-0.3, -0.25) is 9.48 Å². The predicted molar refractivity (Wildman–Crippen MR) is 53.9 cm³/mol. The lowest BCUT2D eigenvalue weighted by atomic mass is 10.1. The largest absolute Gasteiger partial charge is 0.394 e. The minimum absolute atomic E-state index is 0.0897. The second kappa shape index (κ2) is 3.17. The van der Waals surface area contributed by atoms with E-state index in [1.54, 1.807) is 0 Å². The molecule has 0 radical (unpaired) electrons. The molecule has 1 aromatic rings. The number of fused-ring (bicyclic) bond motifs is 1. The fraction of sp³-hybridized carbons (Fsp3) is 0.636. The van der Waals surface area contributed by atoms with Crippen LogP contribution < -0.4 is 0 Å². The van der Waals surface area contributed by atoms with Gasteiger partial charge in [0.05, 0.1) is 30.1 Å². The third-order valence-electron chi connectivity index (χ3n) is 3.23. The molecule has 1 aromatic heterocycles. The molecule has 0 atom stereocenters. The summed E-state index contributed by atoms with van der Waals surface area (Å²) in [5.74, 6) is 0.761. The number of rotatable bonds is 3. The molecule has 0 amide bonds. The van der Waals surface area contributed by atoms with Crippen molar-refractivity contribution in [3.63, 3.8) is 0 Å². The zero-order valence-electron chi connectivity index (χ0n) is 8.57. The number of ketones is 1. The zero-order valence-corrected chi connectivity index (χ0v) is 8.57. The number of aromatic nitrogens is 2. The van der Waals surface area contributed by atoms with Crippen molar-refractivity contribution in [2.24, 2.45) is 0 Å². The normalized spacial score (nSPS) is 19.7. The number of nitrogens with zero attached hydrogens (tertiary/aromatic N) is 2. The zero-order chi connectivity index (χ0) is 10.4. The van der Waals surface area contributed by atoms with Crippen LogP contribution in [0, 0.1) is 0 Å². The van der Waals surface area contributed by atoms with E-state index in [9.17, 15) is 4.79 Å². The van der Waals surface area contributed by atoms with Gasteiger partial charge in [-0.1, -0.05) is 0 Å². The van der Waals surface area contributed by atoms with Crippen molar-refractivity contribution >= 4 is 5.78 Å². The number of aliphatic hydroxyl groups excluding tert-OH is 1. The van der Waals surface area contributed by atoms with Gasteiger partial charge < -0.3 is 5.11 Å². The Balaban J connectivity index is 2.07. The van der Waals surface area contributed by atoms with Gasteiger partial charge in [0.1, 0.15) is 0 Å². The minimum Gasteiger partial charge on any atom is -0.394 e. The summed E-state index contributed by atoms with van der Waals surface area (Å²) in [7, 11) is 0. The summed E-state index contributed by atoms with van der Waals surface area (Å²) in [4.78, 5) is 11.7. The Morgan fingerprint density at radius 1 is 1.40 bits per heavy atom. The molecule has 1 N–H and O–H groups in total. The summed E-state index contributed by atoms with van der Waals surface area (Å²) in [6.45, 7) is 0.606. The number of aliphatic hydroxyl groups is 1. The van der Waals surface area contributed by atoms with E-state index in [1.165, 1.54) is 0 Å². The van der Waals surface area contributed by atoms with E-state index in [-0.39, 0.29) is 12.4 Å². The monoisotopic (exact) mass is 206 g/mol. The van der Waals surface area contributed by atoms with Crippen molar-refractivity contribution in [2.75, 3.05) is 6.61 Å². The Morgan fingerprint density at radius 2 is 2.20 bits per heavy atom. The molecule has 1 saturated carbocycles. The highest BCUT2D eigenvalue weighted by Crippen LogP contribution is 2.43. The molecular weight excluding hydrogens is 192 g/mol. The summed E-state index contributed by atoms with van der Waals surface area (Å²) in [6, 6.07) is 0. The Hall–Kier alpha value is -1.16. The first-order valence-corrected chi connectivity index (χ1v) is 5.55. The van der Waals surface area contributed by atoms with E-state index in [2.05, 4.69) is 5.10 Å². The summed E-state index contributed by atoms with van der Waals surface area (Å²) < 4.78 is 1.83. The molecule has 0 aliphatic heterocycles. The molecule has 2 aliphatic carbocycles. The van der Waals surface area contributed by atoms with Crippen LogP contribution in [0.1, 0.15) is 46.9 Å². The van der Waals surface area contributed by atoms with Crippen molar-refractivity contribution in [1.29, 1.82) is 0 Å². The quantitative estimate of drug-likeness (QED) is 0.798. The number of hydrogen-bond donors (Lipinski definition) is 1. The first-order chi connectivity index (χ1) is 7.31. The topological polar surface area (TPSA) is 55.1 Å². The molecule has 1 heterocycles. The summed E-state index contributed by atoms with van der Waals surface area (Å²) in [5.41, 5.74) is 2.93. The van der Waals surface area contributed by atoms with Gasteiger partial charge in [0, 0.05) is 12.3 Å². The number of Topliss-reactive ketones (excluding diaryl/α,β-unsaturated/α-hetero) is 1. The van der Waals surface area contributed by atoms with E-state index in [0.29, 0.717) is 18.9 Å². The highest BCUT2D eigenvalue weighted by atomic mass is 16.3. The summed E-state index contributed by atoms with van der Waals surface area (Å²) in [6.07, 6.45) is 3.75. The maximum atomic E-state index is 11.7. The van der Waals surface area contributed by atoms with Gasteiger partial charge >= 0.3 is 0 Å². The fourth-order valence-electron chi connectivity index (χ4n) is 2.35. The lowest BCUT2D eigenvalue weighted by Crippen LogP contribution is -2.07. The first kappa shape index (κ1) is 9.09. The molecule has 2 aliphatic rings. The van der Waals surface area contributed by atoms with Crippen LogP contribution >= 0.6 is 0 Å². The molecule has 1 fully saturated rings. The molecule has 0 spiro atoms. The van der Waals surface area contributed by atoms with Crippen LogP contribution in [-0.4, -0.2) is 27.3 Å². The van der Waals surface area contributed by atoms with Gasteiger partial charge in [-0.15, -0.1) is 0 Å². The number of carbonyl (C=O) groups is 1. The average molecular weight is 206 g/mol.